The first-order chi connectivity index (χ1) is 13.1. The number of nitro groups is 1. The lowest BCUT2D eigenvalue weighted by atomic mass is 10.2. The van der Waals surface area contributed by atoms with Gasteiger partial charge in [0.1, 0.15) is 11.4 Å². The van der Waals surface area contributed by atoms with Crippen molar-refractivity contribution >= 4 is 29.5 Å². The Bertz CT molecular complexity index is 1010. The van der Waals surface area contributed by atoms with Crippen molar-refractivity contribution in [3.05, 3.63) is 81.4 Å². The van der Waals surface area contributed by atoms with Gasteiger partial charge in [-0.1, -0.05) is 30.3 Å². The normalized spacial score (nSPS) is 10.4. The van der Waals surface area contributed by atoms with Crippen LogP contribution >= 0.6 is 12.2 Å². The highest BCUT2D eigenvalue weighted by Gasteiger charge is 2.14. The summed E-state index contributed by atoms with van der Waals surface area (Å²) in [4.78, 5) is 25.9. The van der Waals surface area contributed by atoms with Crippen molar-refractivity contribution in [3.8, 4) is 5.69 Å². The summed E-state index contributed by atoms with van der Waals surface area (Å²) in [5, 5.41) is 16.7. The van der Waals surface area contributed by atoms with E-state index < -0.39 is 4.92 Å². The number of carbonyl (C=O) groups excluding carboxylic acids is 1. The molecule has 8 nitrogen and oxygen atoms in total. The number of imidazole rings is 1. The topological polar surface area (TPSA) is 105 Å². The van der Waals surface area contributed by atoms with Crippen molar-refractivity contribution in [2.45, 2.75) is 0 Å². The van der Waals surface area contributed by atoms with Gasteiger partial charge in [-0.05, 0) is 30.4 Å². The number of para-hydroxylation sites is 3. The van der Waals surface area contributed by atoms with Gasteiger partial charge in [-0.3, -0.25) is 19.5 Å². The van der Waals surface area contributed by atoms with E-state index in [0.29, 0.717) is 22.7 Å². The fraction of sp³-hybridized carbons (Fsp3) is 0.111. The lowest BCUT2D eigenvalue weighted by Gasteiger charge is -2.10. The van der Waals surface area contributed by atoms with Crippen molar-refractivity contribution in [2.75, 3.05) is 18.4 Å². The number of nitro benzene ring substituents is 1. The van der Waals surface area contributed by atoms with E-state index in [0.717, 1.165) is 5.69 Å². The van der Waals surface area contributed by atoms with Gasteiger partial charge in [-0.15, -0.1) is 0 Å². The molecule has 0 spiro atoms. The largest absolute Gasteiger partial charge is 0.378 e. The number of H-pyrrole nitrogens is 1. The highest BCUT2D eigenvalue weighted by Crippen LogP contribution is 2.22. The van der Waals surface area contributed by atoms with E-state index in [1.54, 1.807) is 29.0 Å². The number of nitrogens with zero attached hydrogens (tertiary/aromatic N) is 2. The fourth-order valence-corrected chi connectivity index (χ4v) is 2.88. The van der Waals surface area contributed by atoms with Crippen LogP contribution in [0.2, 0.25) is 0 Å². The Kier molecular flexibility index (Phi) is 5.62. The number of nitrogens with one attached hydrogen (secondary N) is 3. The molecular formula is C18H17N5O3S. The quantitative estimate of drug-likeness (QED) is 0.251. The second-order valence-electron chi connectivity index (χ2n) is 5.61. The highest BCUT2D eigenvalue weighted by molar-refractivity contribution is 7.71. The third-order valence-electron chi connectivity index (χ3n) is 3.85. The first-order valence-corrected chi connectivity index (χ1v) is 8.60. The van der Waals surface area contributed by atoms with Crippen molar-refractivity contribution < 1.29 is 9.72 Å². The first kappa shape index (κ1) is 18.3. The summed E-state index contributed by atoms with van der Waals surface area (Å²) in [5.74, 6) is -0.296. The average Bonchev–Trinajstić information content (AvgIpc) is 3.07. The Morgan fingerprint density at radius 2 is 1.81 bits per heavy atom. The molecule has 1 amide bonds. The van der Waals surface area contributed by atoms with Crippen LogP contribution in [-0.2, 0) is 0 Å². The summed E-state index contributed by atoms with van der Waals surface area (Å²) >= 11 is 5.26. The number of amides is 1. The van der Waals surface area contributed by atoms with E-state index in [4.69, 9.17) is 12.2 Å². The molecule has 138 valence electrons. The summed E-state index contributed by atoms with van der Waals surface area (Å²) in [6.07, 6.45) is 1.56. The van der Waals surface area contributed by atoms with Crippen LogP contribution in [0.5, 0.6) is 0 Å². The summed E-state index contributed by atoms with van der Waals surface area (Å²) in [5.41, 5.74) is 1.57. The second kappa shape index (κ2) is 8.28. The van der Waals surface area contributed by atoms with Crippen molar-refractivity contribution in [1.82, 2.24) is 14.9 Å². The maximum absolute atomic E-state index is 12.5. The summed E-state index contributed by atoms with van der Waals surface area (Å²) < 4.78 is 2.07. The first-order valence-electron chi connectivity index (χ1n) is 8.19. The Balaban J connectivity index is 1.63. The van der Waals surface area contributed by atoms with Crippen molar-refractivity contribution in [1.29, 1.82) is 0 Å². The van der Waals surface area contributed by atoms with Crippen LogP contribution in [0.1, 0.15) is 10.5 Å². The van der Waals surface area contributed by atoms with E-state index in [9.17, 15) is 14.9 Å². The highest BCUT2D eigenvalue weighted by atomic mass is 32.1. The molecule has 3 aromatic rings. The molecule has 1 aromatic heterocycles. The minimum atomic E-state index is -0.450. The Hall–Kier alpha value is -3.46. The molecular weight excluding hydrogens is 366 g/mol. The lowest BCUT2D eigenvalue weighted by molar-refractivity contribution is -0.384. The van der Waals surface area contributed by atoms with Gasteiger partial charge in [0.2, 0.25) is 0 Å². The Morgan fingerprint density at radius 1 is 1.11 bits per heavy atom. The summed E-state index contributed by atoms with van der Waals surface area (Å²) in [6, 6.07) is 15.7. The van der Waals surface area contributed by atoms with Gasteiger partial charge < -0.3 is 15.6 Å². The maximum Gasteiger partial charge on any atom is 0.292 e. The fourth-order valence-electron chi connectivity index (χ4n) is 2.62. The Labute approximate surface area is 160 Å². The zero-order chi connectivity index (χ0) is 19.2. The molecule has 0 aliphatic carbocycles. The van der Waals surface area contributed by atoms with Crippen LogP contribution in [0.25, 0.3) is 5.69 Å². The number of aromatic amines is 1. The zero-order valence-electron chi connectivity index (χ0n) is 14.2. The van der Waals surface area contributed by atoms with Crippen molar-refractivity contribution in [2.24, 2.45) is 0 Å². The summed E-state index contributed by atoms with van der Waals surface area (Å²) in [7, 11) is 0. The van der Waals surface area contributed by atoms with E-state index in [2.05, 4.69) is 15.6 Å². The minimum absolute atomic E-state index is 0.00729. The van der Waals surface area contributed by atoms with Crippen LogP contribution in [0, 0.1) is 14.9 Å². The molecule has 0 saturated carbocycles. The van der Waals surface area contributed by atoms with E-state index >= 15 is 0 Å². The Morgan fingerprint density at radius 3 is 2.56 bits per heavy atom. The molecule has 27 heavy (non-hydrogen) atoms. The predicted molar refractivity (Wildman–Crippen MR) is 105 cm³/mol. The third-order valence-corrected chi connectivity index (χ3v) is 4.15. The monoisotopic (exact) mass is 383 g/mol. The van der Waals surface area contributed by atoms with Crippen molar-refractivity contribution in [3.63, 3.8) is 0 Å². The van der Waals surface area contributed by atoms with E-state index in [1.165, 1.54) is 6.07 Å². The van der Waals surface area contributed by atoms with Gasteiger partial charge in [0.25, 0.3) is 11.6 Å². The number of aromatic nitrogens is 2. The number of hydrogen-bond donors (Lipinski definition) is 3. The van der Waals surface area contributed by atoms with Gasteiger partial charge in [0, 0.05) is 31.0 Å². The van der Waals surface area contributed by atoms with Gasteiger partial charge in [-0.25, -0.2) is 0 Å². The predicted octanol–water partition coefficient (Wildman–Crippen LogP) is 3.28. The van der Waals surface area contributed by atoms with Gasteiger partial charge in [0.15, 0.2) is 4.77 Å². The van der Waals surface area contributed by atoms with Gasteiger partial charge >= 0.3 is 0 Å². The van der Waals surface area contributed by atoms with Crippen LogP contribution in [0.4, 0.5) is 11.4 Å². The molecule has 0 atom stereocenters. The number of rotatable bonds is 7. The van der Waals surface area contributed by atoms with E-state index in [-0.39, 0.29) is 18.1 Å². The molecule has 9 heteroatoms. The third kappa shape index (κ3) is 4.21. The minimum Gasteiger partial charge on any atom is -0.378 e. The molecule has 3 N–H and O–H groups in total. The van der Waals surface area contributed by atoms with E-state index in [1.807, 2.05) is 30.3 Å². The average molecular weight is 383 g/mol. The lowest BCUT2D eigenvalue weighted by Crippen LogP contribution is -2.30. The molecule has 0 aliphatic heterocycles. The number of carbonyl (C=O) groups is 1. The van der Waals surface area contributed by atoms with Gasteiger partial charge in [-0.2, -0.15) is 0 Å². The van der Waals surface area contributed by atoms with Crippen LogP contribution in [0.3, 0.4) is 0 Å². The summed E-state index contributed by atoms with van der Waals surface area (Å²) in [6.45, 7) is 0.630. The number of benzene rings is 2. The SMILES string of the molecule is O=C(NCCNc1ccccc1[N+](=O)[O-])c1c[nH]c(=S)n1-c1ccccc1. The zero-order valence-corrected chi connectivity index (χ0v) is 15.0. The van der Waals surface area contributed by atoms with Crippen LogP contribution in [0.15, 0.2) is 60.8 Å². The molecule has 0 fully saturated rings. The molecule has 2 aromatic carbocycles. The molecule has 3 rings (SSSR count). The second-order valence-corrected chi connectivity index (χ2v) is 5.99. The number of anilines is 1. The smallest absolute Gasteiger partial charge is 0.292 e. The molecule has 0 aliphatic rings. The standard InChI is InChI=1S/C18H17N5O3S/c24-17(16-12-21-18(27)22(16)13-6-2-1-3-7-13)20-11-10-19-14-8-4-5-9-15(14)23(25)26/h1-9,12,19H,10-11H2,(H,20,24)(H,21,27). The molecule has 0 bridgehead atoms. The molecule has 0 unspecified atom stereocenters. The van der Waals surface area contributed by atoms with Crippen LogP contribution < -0.4 is 10.6 Å². The maximum atomic E-state index is 12.5. The molecule has 1 heterocycles. The number of hydrogen-bond acceptors (Lipinski definition) is 5. The molecule has 0 radical (unpaired) electrons. The molecule has 0 saturated heterocycles. The van der Waals surface area contributed by atoms with Gasteiger partial charge in [0.05, 0.1) is 4.92 Å². The van der Waals surface area contributed by atoms with Crippen LogP contribution in [-0.4, -0.2) is 33.5 Å².